The molecule has 22 heavy (non-hydrogen) atoms. The van der Waals surface area contributed by atoms with E-state index in [2.05, 4.69) is 10.6 Å². The van der Waals surface area contributed by atoms with Crippen molar-refractivity contribution in [3.05, 3.63) is 0 Å². The molecule has 1 heterocycles. The lowest BCUT2D eigenvalue weighted by Crippen LogP contribution is -2.48. The monoisotopic (exact) mass is 311 g/mol. The summed E-state index contributed by atoms with van der Waals surface area (Å²) in [5.74, 6) is 0.356. The number of ether oxygens (including phenoxy) is 1. The van der Waals surface area contributed by atoms with Crippen LogP contribution in [0, 0.1) is 5.92 Å². The van der Waals surface area contributed by atoms with Crippen LogP contribution >= 0.6 is 0 Å². The van der Waals surface area contributed by atoms with E-state index in [4.69, 9.17) is 4.74 Å². The molecule has 0 radical (unpaired) electrons. The molecule has 2 amide bonds. The Morgan fingerprint density at radius 2 is 1.86 bits per heavy atom. The lowest BCUT2D eigenvalue weighted by Gasteiger charge is -2.26. The molecule has 1 unspecified atom stereocenters. The molecule has 2 rings (SSSR count). The third kappa shape index (κ3) is 4.68. The van der Waals surface area contributed by atoms with E-state index in [-0.39, 0.29) is 23.8 Å². The van der Waals surface area contributed by atoms with E-state index in [0.717, 1.165) is 58.2 Å². The minimum Gasteiger partial charge on any atom is -0.383 e. The van der Waals surface area contributed by atoms with E-state index in [1.54, 1.807) is 7.11 Å². The van der Waals surface area contributed by atoms with Crippen molar-refractivity contribution in [3.63, 3.8) is 0 Å². The predicted octanol–water partition coefficient (Wildman–Crippen LogP) is 0.520. The van der Waals surface area contributed by atoms with Crippen LogP contribution in [-0.2, 0) is 14.3 Å². The van der Waals surface area contributed by atoms with Crippen molar-refractivity contribution in [3.8, 4) is 0 Å². The highest BCUT2D eigenvalue weighted by Gasteiger charge is 2.37. The molecule has 1 aliphatic heterocycles. The Morgan fingerprint density at radius 1 is 1.09 bits per heavy atom. The van der Waals surface area contributed by atoms with Gasteiger partial charge in [0, 0.05) is 39.2 Å². The second-order valence-electron chi connectivity index (χ2n) is 6.20. The van der Waals surface area contributed by atoms with Crippen LogP contribution in [0.15, 0.2) is 0 Å². The van der Waals surface area contributed by atoms with Gasteiger partial charge >= 0.3 is 0 Å². The maximum Gasteiger partial charge on any atom is 0.242 e. The van der Waals surface area contributed by atoms with E-state index >= 15 is 0 Å². The van der Waals surface area contributed by atoms with Crippen molar-refractivity contribution in [1.82, 2.24) is 15.5 Å². The molecular formula is C16H29N3O3. The molecule has 6 nitrogen and oxygen atoms in total. The van der Waals surface area contributed by atoms with E-state index < -0.39 is 0 Å². The van der Waals surface area contributed by atoms with Gasteiger partial charge in [0.2, 0.25) is 11.8 Å². The fraction of sp³-hybridized carbons (Fsp3) is 0.875. The topological polar surface area (TPSA) is 70.7 Å². The van der Waals surface area contributed by atoms with E-state index in [1.165, 1.54) is 0 Å². The summed E-state index contributed by atoms with van der Waals surface area (Å²) < 4.78 is 4.95. The molecule has 0 spiro atoms. The normalized spacial score (nSPS) is 22.2. The average Bonchev–Trinajstić information content (AvgIpc) is 3.21. The summed E-state index contributed by atoms with van der Waals surface area (Å²) in [7, 11) is 1.67. The minimum atomic E-state index is -0.257. The Labute approximate surface area is 132 Å². The second kappa shape index (κ2) is 9.10. The van der Waals surface area contributed by atoms with Gasteiger partial charge in [-0.3, -0.25) is 9.59 Å². The van der Waals surface area contributed by atoms with Crippen LogP contribution in [0.25, 0.3) is 0 Å². The van der Waals surface area contributed by atoms with Gasteiger partial charge in [-0.1, -0.05) is 12.8 Å². The maximum atomic E-state index is 12.5. The van der Waals surface area contributed by atoms with E-state index in [1.807, 2.05) is 4.90 Å². The van der Waals surface area contributed by atoms with Gasteiger partial charge in [0.05, 0.1) is 6.61 Å². The molecule has 6 heteroatoms. The Kier molecular flexibility index (Phi) is 7.12. The zero-order valence-corrected chi connectivity index (χ0v) is 13.6. The van der Waals surface area contributed by atoms with Gasteiger partial charge in [-0.05, 0) is 25.7 Å². The molecule has 1 saturated heterocycles. The zero-order valence-electron chi connectivity index (χ0n) is 13.6. The molecule has 1 aliphatic carbocycles. The first kappa shape index (κ1) is 17.2. The third-order valence-corrected chi connectivity index (χ3v) is 4.63. The van der Waals surface area contributed by atoms with Crippen LogP contribution in [0.4, 0.5) is 0 Å². The number of hydrogen-bond donors (Lipinski definition) is 2. The first-order chi connectivity index (χ1) is 10.7. The number of amides is 2. The van der Waals surface area contributed by atoms with Crippen LogP contribution in [0.3, 0.4) is 0 Å². The fourth-order valence-electron chi connectivity index (χ4n) is 3.40. The molecule has 1 atom stereocenters. The quantitative estimate of drug-likeness (QED) is 0.641. The summed E-state index contributed by atoms with van der Waals surface area (Å²) >= 11 is 0. The van der Waals surface area contributed by atoms with Gasteiger partial charge < -0.3 is 20.3 Å². The molecule has 0 aromatic heterocycles. The molecule has 2 N–H and O–H groups in total. The largest absolute Gasteiger partial charge is 0.383 e. The number of carbonyl (C=O) groups excluding carboxylic acids is 2. The number of methoxy groups -OCH3 is 1. The Hall–Kier alpha value is -1.14. The van der Waals surface area contributed by atoms with Gasteiger partial charge in [-0.15, -0.1) is 0 Å². The zero-order chi connectivity index (χ0) is 15.8. The lowest BCUT2D eigenvalue weighted by atomic mass is 10.1. The lowest BCUT2D eigenvalue weighted by molar-refractivity contribution is -0.141. The third-order valence-electron chi connectivity index (χ3n) is 4.63. The average molecular weight is 311 g/mol. The molecule has 0 bridgehead atoms. The van der Waals surface area contributed by atoms with Crippen molar-refractivity contribution in [1.29, 1.82) is 0 Å². The van der Waals surface area contributed by atoms with Crippen LogP contribution in [0.2, 0.25) is 0 Å². The summed E-state index contributed by atoms with van der Waals surface area (Å²) in [5.41, 5.74) is 0. The Morgan fingerprint density at radius 3 is 2.59 bits per heavy atom. The molecule has 126 valence electrons. The predicted molar refractivity (Wildman–Crippen MR) is 84.4 cm³/mol. The van der Waals surface area contributed by atoms with E-state index in [9.17, 15) is 9.59 Å². The van der Waals surface area contributed by atoms with Crippen LogP contribution in [-0.4, -0.2) is 62.7 Å². The van der Waals surface area contributed by atoms with Gasteiger partial charge in [0.1, 0.15) is 6.04 Å². The molecular weight excluding hydrogens is 282 g/mol. The molecule has 0 aromatic carbocycles. The van der Waals surface area contributed by atoms with E-state index in [0.29, 0.717) is 13.2 Å². The van der Waals surface area contributed by atoms with Gasteiger partial charge in [0.15, 0.2) is 0 Å². The highest BCUT2D eigenvalue weighted by atomic mass is 16.5. The summed E-state index contributed by atoms with van der Waals surface area (Å²) in [5, 5.41) is 6.13. The number of likely N-dealkylation sites (tertiary alicyclic amines) is 1. The number of nitrogens with zero attached hydrogens (tertiary/aromatic N) is 1. The SMILES string of the molecule is COCCNCCNC(=O)C1CCCN1C(=O)C1CCCC1. The summed E-state index contributed by atoms with van der Waals surface area (Å²) in [4.78, 5) is 26.7. The highest BCUT2D eigenvalue weighted by molar-refractivity contribution is 5.89. The van der Waals surface area contributed by atoms with Gasteiger partial charge in [0.25, 0.3) is 0 Å². The summed E-state index contributed by atoms with van der Waals surface area (Å²) in [6.45, 7) is 3.49. The second-order valence-corrected chi connectivity index (χ2v) is 6.20. The standard InChI is InChI=1S/C16H29N3O3/c1-22-12-10-17-8-9-18-15(20)14-7-4-11-19(14)16(21)13-5-2-3-6-13/h13-14,17H,2-12H2,1H3,(H,18,20). The van der Waals surface area contributed by atoms with Crippen molar-refractivity contribution in [2.45, 2.75) is 44.6 Å². The number of rotatable bonds is 8. The first-order valence-electron chi connectivity index (χ1n) is 8.52. The van der Waals surface area contributed by atoms with Crippen LogP contribution < -0.4 is 10.6 Å². The summed E-state index contributed by atoms with van der Waals surface area (Å²) in [6.07, 6.45) is 6.01. The van der Waals surface area contributed by atoms with Crippen molar-refractivity contribution < 1.29 is 14.3 Å². The molecule has 0 aromatic rings. The van der Waals surface area contributed by atoms with Crippen LogP contribution in [0.1, 0.15) is 38.5 Å². The fourth-order valence-corrected chi connectivity index (χ4v) is 3.40. The molecule has 1 saturated carbocycles. The smallest absolute Gasteiger partial charge is 0.242 e. The Bertz CT molecular complexity index is 370. The van der Waals surface area contributed by atoms with Crippen molar-refractivity contribution in [2.24, 2.45) is 5.92 Å². The highest BCUT2D eigenvalue weighted by Crippen LogP contribution is 2.29. The van der Waals surface area contributed by atoms with Crippen molar-refractivity contribution in [2.75, 3.05) is 39.9 Å². The molecule has 2 aliphatic rings. The minimum absolute atomic E-state index is 0.00242. The van der Waals surface area contributed by atoms with Crippen LogP contribution in [0.5, 0.6) is 0 Å². The number of carbonyl (C=O) groups is 2. The first-order valence-corrected chi connectivity index (χ1v) is 8.52. The maximum absolute atomic E-state index is 12.5. The number of nitrogens with one attached hydrogen (secondary N) is 2. The Balaban J connectivity index is 1.72. The van der Waals surface area contributed by atoms with Crippen molar-refractivity contribution >= 4 is 11.8 Å². The summed E-state index contributed by atoms with van der Waals surface area (Å²) in [6, 6.07) is -0.257. The van der Waals surface area contributed by atoms with Gasteiger partial charge in [-0.25, -0.2) is 0 Å². The number of hydrogen-bond acceptors (Lipinski definition) is 4. The molecule has 2 fully saturated rings. The van der Waals surface area contributed by atoms with Gasteiger partial charge in [-0.2, -0.15) is 0 Å².